The maximum atomic E-state index is 11.4. The summed E-state index contributed by atoms with van der Waals surface area (Å²) >= 11 is 0. The van der Waals surface area contributed by atoms with Crippen LogP contribution in [0.2, 0.25) is 0 Å². The molecule has 2 rings (SSSR count). The predicted octanol–water partition coefficient (Wildman–Crippen LogP) is 1.82. The first-order valence-electron chi connectivity index (χ1n) is 6.28. The van der Waals surface area contributed by atoms with Gasteiger partial charge in [0.2, 0.25) is 0 Å². The number of nitrogens with zero attached hydrogens (tertiary/aromatic N) is 3. The van der Waals surface area contributed by atoms with Crippen molar-refractivity contribution in [2.75, 3.05) is 12.0 Å². The molecule has 0 spiro atoms. The minimum Gasteiger partial charge on any atom is -0.258 e. The molecule has 7 nitrogen and oxygen atoms in total. The van der Waals surface area contributed by atoms with Crippen LogP contribution in [-0.2, 0) is 9.84 Å². The van der Waals surface area contributed by atoms with Crippen molar-refractivity contribution in [2.45, 2.75) is 12.5 Å². The Morgan fingerprint density at radius 1 is 1.33 bits per heavy atom. The molecular weight excluding hydrogens is 294 g/mol. The lowest BCUT2D eigenvalue weighted by molar-refractivity contribution is -0.385. The van der Waals surface area contributed by atoms with E-state index in [1.807, 2.05) is 30.3 Å². The summed E-state index contributed by atoms with van der Waals surface area (Å²) in [5.74, 6) is -0.0137. The van der Waals surface area contributed by atoms with Crippen LogP contribution in [0.1, 0.15) is 18.0 Å². The van der Waals surface area contributed by atoms with E-state index in [2.05, 4.69) is 5.10 Å². The van der Waals surface area contributed by atoms with Gasteiger partial charge >= 0.3 is 5.69 Å². The van der Waals surface area contributed by atoms with Gasteiger partial charge in [-0.3, -0.25) is 14.8 Å². The van der Waals surface area contributed by atoms with Gasteiger partial charge in [0.1, 0.15) is 22.2 Å². The Hall–Kier alpha value is -2.22. The molecule has 0 amide bonds. The molecule has 1 unspecified atom stereocenters. The summed E-state index contributed by atoms with van der Waals surface area (Å²) in [4.78, 5) is 10.2. The van der Waals surface area contributed by atoms with Gasteiger partial charge in [0.05, 0.1) is 16.7 Å². The van der Waals surface area contributed by atoms with E-state index in [0.29, 0.717) is 6.42 Å². The van der Waals surface area contributed by atoms with Crippen LogP contribution in [0.4, 0.5) is 5.69 Å². The van der Waals surface area contributed by atoms with E-state index in [1.165, 1.54) is 17.1 Å². The smallest absolute Gasteiger partial charge is 0.258 e. The van der Waals surface area contributed by atoms with Crippen molar-refractivity contribution in [3.05, 3.63) is 58.4 Å². The van der Waals surface area contributed by atoms with Gasteiger partial charge in [0.25, 0.3) is 0 Å². The van der Waals surface area contributed by atoms with Crippen LogP contribution >= 0.6 is 0 Å². The second-order valence-electron chi connectivity index (χ2n) is 4.78. The molecule has 0 saturated carbocycles. The highest BCUT2D eigenvalue weighted by molar-refractivity contribution is 7.90. The summed E-state index contributed by atoms with van der Waals surface area (Å²) < 4.78 is 24.2. The van der Waals surface area contributed by atoms with Gasteiger partial charge in [-0.25, -0.2) is 8.42 Å². The first-order chi connectivity index (χ1) is 9.87. The van der Waals surface area contributed by atoms with Crippen molar-refractivity contribution >= 4 is 15.5 Å². The Kier molecular flexibility index (Phi) is 4.37. The molecule has 21 heavy (non-hydrogen) atoms. The van der Waals surface area contributed by atoms with Crippen LogP contribution in [0.5, 0.6) is 0 Å². The Morgan fingerprint density at radius 2 is 2.00 bits per heavy atom. The molecule has 0 fully saturated rings. The molecule has 0 N–H and O–H groups in total. The Bertz CT molecular complexity index is 725. The molecule has 0 saturated heterocycles. The quantitative estimate of drug-likeness (QED) is 0.599. The molecule has 0 aliphatic heterocycles. The summed E-state index contributed by atoms with van der Waals surface area (Å²) in [5.41, 5.74) is 0.745. The van der Waals surface area contributed by atoms with Crippen LogP contribution < -0.4 is 0 Å². The molecule has 0 bridgehead atoms. The lowest BCUT2D eigenvalue weighted by atomic mass is 10.1. The standard InChI is InChI=1S/C13H15N3O4S/c1-21(19,20)8-7-13(11-5-3-2-4-6-11)15-10-12(9-14-15)16(17)18/h2-6,9-10,13H,7-8H2,1H3. The van der Waals surface area contributed by atoms with Crippen molar-refractivity contribution in [1.82, 2.24) is 9.78 Å². The highest BCUT2D eigenvalue weighted by Crippen LogP contribution is 2.24. The van der Waals surface area contributed by atoms with Gasteiger partial charge in [-0.15, -0.1) is 0 Å². The minimum atomic E-state index is -3.12. The zero-order chi connectivity index (χ0) is 15.5. The number of rotatable bonds is 6. The number of hydrogen-bond acceptors (Lipinski definition) is 5. The molecule has 0 radical (unpaired) electrons. The topological polar surface area (TPSA) is 95.1 Å². The zero-order valence-corrected chi connectivity index (χ0v) is 12.2. The molecule has 0 aliphatic carbocycles. The lowest BCUT2D eigenvalue weighted by Crippen LogP contribution is -2.16. The summed E-state index contributed by atoms with van der Waals surface area (Å²) in [6.07, 6.45) is 3.96. The normalized spacial score (nSPS) is 13.0. The first-order valence-corrected chi connectivity index (χ1v) is 8.34. The fourth-order valence-corrected chi connectivity index (χ4v) is 2.70. The SMILES string of the molecule is CS(=O)(=O)CCC(c1ccccc1)n1cc([N+](=O)[O-])cn1. The molecule has 2 aromatic rings. The summed E-state index contributed by atoms with van der Waals surface area (Å²) in [6.45, 7) is 0. The number of benzene rings is 1. The van der Waals surface area contributed by atoms with Crippen molar-refractivity contribution in [2.24, 2.45) is 0 Å². The van der Waals surface area contributed by atoms with Gasteiger partial charge < -0.3 is 0 Å². The number of hydrogen-bond donors (Lipinski definition) is 0. The lowest BCUT2D eigenvalue weighted by Gasteiger charge is -2.17. The largest absolute Gasteiger partial charge is 0.307 e. The Morgan fingerprint density at radius 3 is 2.52 bits per heavy atom. The maximum Gasteiger partial charge on any atom is 0.307 e. The molecule has 112 valence electrons. The highest BCUT2D eigenvalue weighted by Gasteiger charge is 2.19. The van der Waals surface area contributed by atoms with E-state index in [-0.39, 0.29) is 17.5 Å². The third-order valence-corrected chi connectivity index (χ3v) is 4.04. The van der Waals surface area contributed by atoms with E-state index in [4.69, 9.17) is 0 Å². The molecule has 1 aromatic carbocycles. The molecule has 8 heteroatoms. The van der Waals surface area contributed by atoms with Crippen LogP contribution in [0.25, 0.3) is 0 Å². The van der Waals surface area contributed by atoms with Gasteiger partial charge in [0, 0.05) is 6.26 Å². The van der Waals surface area contributed by atoms with Crippen LogP contribution in [-0.4, -0.2) is 35.1 Å². The minimum absolute atomic E-state index is 0.0137. The predicted molar refractivity (Wildman–Crippen MR) is 77.8 cm³/mol. The van der Waals surface area contributed by atoms with Gasteiger partial charge in [0.15, 0.2) is 0 Å². The maximum absolute atomic E-state index is 11.4. The zero-order valence-electron chi connectivity index (χ0n) is 11.4. The molecule has 1 aromatic heterocycles. The van der Waals surface area contributed by atoms with E-state index in [1.54, 1.807) is 0 Å². The Labute approximate surface area is 122 Å². The van der Waals surface area contributed by atoms with Crippen LogP contribution in [0.3, 0.4) is 0 Å². The van der Waals surface area contributed by atoms with Crippen molar-refractivity contribution < 1.29 is 13.3 Å². The first kappa shape index (κ1) is 15.2. The van der Waals surface area contributed by atoms with E-state index < -0.39 is 14.8 Å². The Balaban J connectivity index is 2.33. The number of aromatic nitrogens is 2. The molecule has 1 heterocycles. The summed E-state index contributed by atoms with van der Waals surface area (Å²) in [7, 11) is -3.12. The second kappa shape index (κ2) is 6.04. The molecule has 1 atom stereocenters. The van der Waals surface area contributed by atoms with Crippen molar-refractivity contribution in [3.8, 4) is 0 Å². The number of sulfone groups is 1. The van der Waals surface area contributed by atoms with Gasteiger partial charge in [-0.1, -0.05) is 30.3 Å². The fourth-order valence-electron chi connectivity index (χ4n) is 2.05. The third-order valence-electron chi connectivity index (χ3n) is 3.06. The second-order valence-corrected chi connectivity index (χ2v) is 7.04. The fraction of sp³-hybridized carbons (Fsp3) is 0.308. The monoisotopic (exact) mass is 309 g/mol. The molecule has 0 aliphatic rings. The average molecular weight is 309 g/mol. The van der Waals surface area contributed by atoms with Crippen molar-refractivity contribution in [1.29, 1.82) is 0 Å². The summed E-state index contributed by atoms with van der Waals surface area (Å²) in [5, 5.41) is 14.7. The third kappa shape index (κ3) is 4.12. The van der Waals surface area contributed by atoms with Gasteiger partial charge in [-0.05, 0) is 12.0 Å². The van der Waals surface area contributed by atoms with Crippen LogP contribution in [0, 0.1) is 10.1 Å². The van der Waals surface area contributed by atoms with E-state index in [9.17, 15) is 18.5 Å². The average Bonchev–Trinajstić information content (AvgIpc) is 2.89. The van der Waals surface area contributed by atoms with Gasteiger partial charge in [-0.2, -0.15) is 5.10 Å². The van der Waals surface area contributed by atoms with E-state index >= 15 is 0 Å². The summed E-state index contributed by atoms with van der Waals surface area (Å²) in [6, 6.07) is 8.86. The van der Waals surface area contributed by atoms with Crippen molar-refractivity contribution in [3.63, 3.8) is 0 Å². The van der Waals surface area contributed by atoms with Crippen LogP contribution in [0.15, 0.2) is 42.7 Å². The van der Waals surface area contributed by atoms with E-state index in [0.717, 1.165) is 11.8 Å². The highest BCUT2D eigenvalue weighted by atomic mass is 32.2. The molecular formula is C13H15N3O4S. The number of nitro groups is 1.